The summed E-state index contributed by atoms with van der Waals surface area (Å²) in [6.07, 6.45) is -0.828. The zero-order chi connectivity index (χ0) is 16.8. The van der Waals surface area contributed by atoms with Crippen molar-refractivity contribution < 1.29 is 14.6 Å². The number of aliphatic hydroxyl groups excluding tert-OH is 1. The molecule has 2 N–H and O–H groups in total. The molecule has 2 aromatic carbocycles. The minimum absolute atomic E-state index is 0.0591. The lowest BCUT2D eigenvalue weighted by Crippen LogP contribution is -2.35. The topological polar surface area (TPSA) is 58.6 Å². The van der Waals surface area contributed by atoms with Crippen LogP contribution in [0.15, 0.2) is 42.5 Å². The minimum atomic E-state index is -0.828. The van der Waals surface area contributed by atoms with Gasteiger partial charge in [-0.2, -0.15) is 0 Å². The molecule has 0 heterocycles. The summed E-state index contributed by atoms with van der Waals surface area (Å²) < 4.78 is 5.48. The molecular formula is C17H17Cl2NO3. The predicted molar refractivity (Wildman–Crippen MR) is 91.5 cm³/mol. The number of aryl methyl sites for hydroxylation is 1. The van der Waals surface area contributed by atoms with Gasteiger partial charge in [0.1, 0.15) is 18.5 Å². The van der Waals surface area contributed by atoms with Crippen molar-refractivity contribution in [2.75, 3.05) is 13.2 Å². The first-order valence-corrected chi connectivity index (χ1v) is 7.82. The summed E-state index contributed by atoms with van der Waals surface area (Å²) in [6.45, 7) is 2.10. The van der Waals surface area contributed by atoms with E-state index < -0.39 is 6.10 Å². The minimum Gasteiger partial charge on any atom is -0.491 e. The number of carbonyl (C=O) groups excluding carboxylic acids is 1. The molecule has 0 saturated heterocycles. The molecule has 2 aromatic rings. The summed E-state index contributed by atoms with van der Waals surface area (Å²) in [5.74, 6) is 0.303. The van der Waals surface area contributed by atoms with Crippen LogP contribution in [0.4, 0.5) is 0 Å². The van der Waals surface area contributed by atoms with Crippen molar-refractivity contribution in [1.82, 2.24) is 5.32 Å². The van der Waals surface area contributed by atoms with Gasteiger partial charge in [-0.1, -0.05) is 35.3 Å². The van der Waals surface area contributed by atoms with E-state index in [1.54, 1.807) is 6.07 Å². The second kappa shape index (κ2) is 8.20. The third-order valence-corrected chi connectivity index (χ3v) is 3.65. The van der Waals surface area contributed by atoms with E-state index >= 15 is 0 Å². The van der Waals surface area contributed by atoms with E-state index in [2.05, 4.69) is 5.32 Å². The van der Waals surface area contributed by atoms with Gasteiger partial charge in [0.25, 0.3) is 5.91 Å². The molecule has 0 aliphatic carbocycles. The standard InChI is InChI=1S/C17H17Cl2NO3/c1-11-3-2-4-14(7-11)23-10-13(21)9-20-17(22)15-6-5-12(18)8-16(15)19/h2-8,13,21H,9-10H2,1H3,(H,20,22). The van der Waals surface area contributed by atoms with E-state index in [9.17, 15) is 9.90 Å². The second-order valence-corrected chi connectivity index (χ2v) is 5.96. The van der Waals surface area contributed by atoms with E-state index in [0.717, 1.165) is 5.56 Å². The quantitative estimate of drug-likeness (QED) is 0.835. The molecule has 1 atom stereocenters. The fraction of sp³-hybridized carbons (Fsp3) is 0.235. The summed E-state index contributed by atoms with van der Waals surface area (Å²) in [5.41, 5.74) is 1.38. The number of carbonyl (C=O) groups is 1. The summed E-state index contributed by atoms with van der Waals surface area (Å²) in [4.78, 5) is 12.0. The average molecular weight is 354 g/mol. The molecule has 0 spiro atoms. The van der Waals surface area contributed by atoms with Gasteiger partial charge in [0.2, 0.25) is 0 Å². The van der Waals surface area contributed by atoms with E-state index in [4.69, 9.17) is 27.9 Å². The van der Waals surface area contributed by atoms with E-state index in [-0.39, 0.29) is 24.1 Å². The molecule has 0 radical (unpaired) electrons. The lowest BCUT2D eigenvalue weighted by Gasteiger charge is -2.14. The molecule has 0 saturated carbocycles. The van der Waals surface area contributed by atoms with E-state index in [1.807, 2.05) is 31.2 Å². The van der Waals surface area contributed by atoms with Crippen molar-refractivity contribution in [3.8, 4) is 5.75 Å². The predicted octanol–water partition coefficient (Wildman–Crippen LogP) is 3.47. The van der Waals surface area contributed by atoms with Crippen LogP contribution >= 0.6 is 23.2 Å². The van der Waals surface area contributed by atoms with E-state index in [0.29, 0.717) is 16.3 Å². The number of ether oxygens (including phenoxy) is 1. The van der Waals surface area contributed by atoms with Crippen molar-refractivity contribution in [2.45, 2.75) is 13.0 Å². The highest BCUT2D eigenvalue weighted by Gasteiger charge is 2.13. The highest BCUT2D eigenvalue weighted by atomic mass is 35.5. The van der Waals surface area contributed by atoms with Gasteiger partial charge in [0.15, 0.2) is 0 Å². The Morgan fingerprint density at radius 3 is 2.74 bits per heavy atom. The van der Waals surface area contributed by atoms with Crippen LogP contribution in [0.2, 0.25) is 10.0 Å². The lowest BCUT2D eigenvalue weighted by atomic mass is 10.2. The van der Waals surface area contributed by atoms with Crippen LogP contribution in [0.5, 0.6) is 5.75 Å². The third kappa shape index (κ3) is 5.43. The fourth-order valence-corrected chi connectivity index (χ4v) is 2.43. The zero-order valence-electron chi connectivity index (χ0n) is 12.6. The molecule has 0 aromatic heterocycles. The zero-order valence-corrected chi connectivity index (χ0v) is 14.1. The van der Waals surface area contributed by atoms with E-state index in [1.165, 1.54) is 12.1 Å². The van der Waals surface area contributed by atoms with Crippen molar-refractivity contribution in [1.29, 1.82) is 0 Å². The number of aliphatic hydroxyl groups is 1. The average Bonchev–Trinajstić information content (AvgIpc) is 2.50. The first kappa shape index (κ1) is 17.6. The molecule has 0 aliphatic heterocycles. The Hall–Kier alpha value is -1.75. The molecule has 2 rings (SSSR count). The highest BCUT2D eigenvalue weighted by Crippen LogP contribution is 2.20. The van der Waals surface area contributed by atoms with Crippen LogP contribution in [-0.2, 0) is 0 Å². The van der Waals surface area contributed by atoms with Crippen molar-refractivity contribution in [2.24, 2.45) is 0 Å². The summed E-state index contributed by atoms with van der Waals surface area (Å²) in [7, 11) is 0. The van der Waals surface area contributed by atoms with Crippen LogP contribution in [0.1, 0.15) is 15.9 Å². The normalized spacial score (nSPS) is 11.8. The maximum Gasteiger partial charge on any atom is 0.252 e. The molecule has 0 aliphatic rings. The first-order chi connectivity index (χ1) is 11.0. The summed E-state index contributed by atoms with van der Waals surface area (Å²) in [6, 6.07) is 12.1. The van der Waals surface area contributed by atoms with Gasteiger partial charge in [-0.3, -0.25) is 4.79 Å². The lowest BCUT2D eigenvalue weighted by molar-refractivity contribution is 0.0844. The SMILES string of the molecule is Cc1cccc(OCC(O)CNC(=O)c2ccc(Cl)cc2Cl)c1. The first-order valence-electron chi connectivity index (χ1n) is 7.06. The Morgan fingerprint density at radius 2 is 2.04 bits per heavy atom. The molecule has 0 bridgehead atoms. The number of amides is 1. The highest BCUT2D eigenvalue weighted by molar-refractivity contribution is 6.36. The van der Waals surface area contributed by atoms with Crippen molar-refractivity contribution in [3.05, 3.63) is 63.6 Å². The van der Waals surface area contributed by atoms with Crippen LogP contribution in [0.25, 0.3) is 0 Å². The number of halogens is 2. The second-order valence-electron chi connectivity index (χ2n) is 5.12. The van der Waals surface area contributed by atoms with Gasteiger partial charge in [0.05, 0.1) is 10.6 Å². The van der Waals surface area contributed by atoms with Gasteiger partial charge < -0.3 is 15.2 Å². The van der Waals surface area contributed by atoms with Crippen LogP contribution in [0, 0.1) is 6.92 Å². The van der Waals surface area contributed by atoms with Crippen molar-refractivity contribution in [3.63, 3.8) is 0 Å². The smallest absolute Gasteiger partial charge is 0.252 e. The molecular weight excluding hydrogens is 337 g/mol. The summed E-state index contributed by atoms with van der Waals surface area (Å²) in [5, 5.41) is 13.2. The number of hydrogen-bond acceptors (Lipinski definition) is 3. The Morgan fingerprint density at radius 1 is 1.26 bits per heavy atom. The number of benzene rings is 2. The van der Waals surface area contributed by atoms with Crippen LogP contribution in [0.3, 0.4) is 0 Å². The largest absolute Gasteiger partial charge is 0.491 e. The molecule has 1 amide bonds. The number of rotatable bonds is 6. The van der Waals surface area contributed by atoms with Gasteiger partial charge in [0, 0.05) is 11.6 Å². The number of nitrogens with one attached hydrogen (secondary N) is 1. The van der Waals surface area contributed by atoms with Gasteiger partial charge >= 0.3 is 0 Å². The van der Waals surface area contributed by atoms with Crippen molar-refractivity contribution >= 4 is 29.1 Å². The molecule has 122 valence electrons. The van der Waals surface area contributed by atoms with Gasteiger partial charge in [-0.15, -0.1) is 0 Å². The molecule has 6 heteroatoms. The van der Waals surface area contributed by atoms with Crippen LogP contribution in [-0.4, -0.2) is 30.3 Å². The monoisotopic (exact) mass is 353 g/mol. The van der Waals surface area contributed by atoms with Gasteiger partial charge in [-0.05, 0) is 42.8 Å². The van der Waals surface area contributed by atoms with Crippen LogP contribution < -0.4 is 10.1 Å². The Bertz CT molecular complexity index is 691. The molecule has 0 fully saturated rings. The third-order valence-electron chi connectivity index (χ3n) is 3.11. The molecule has 4 nitrogen and oxygen atoms in total. The number of hydrogen-bond donors (Lipinski definition) is 2. The maximum atomic E-state index is 12.0. The molecule has 1 unspecified atom stereocenters. The fourth-order valence-electron chi connectivity index (χ4n) is 1.94. The maximum absolute atomic E-state index is 12.0. The molecule has 23 heavy (non-hydrogen) atoms. The Kier molecular flexibility index (Phi) is 6.28. The Labute approximate surface area is 145 Å². The van der Waals surface area contributed by atoms with Gasteiger partial charge in [-0.25, -0.2) is 0 Å². The summed E-state index contributed by atoms with van der Waals surface area (Å²) >= 11 is 11.8. The Balaban J connectivity index is 1.81.